The van der Waals surface area contributed by atoms with Gasteiger partial charge in [-0.2, -0.15) is 0 Å². The summed E-state index contributed by atoms with van der Waals surface area (Å²) in [6, 6.07) is 0.328. The predicted molar refractivity (Wildman–Crippen MR) is 54.0 cm³/mol. The van der Waals surface area contributed by atoms with E-state index in [-0.39, 0.29) is 0 Å². The number of nitrogens with two attached hydrogens (primary N) is 1. The normalized spacial score (nSPS) is 28.0. The summed E-state index contributed by atoms with van der Waals surface area (Å²) in [5.41, 5.74) is 8.69. The zero-order valence-corrected chi connectivity index (χ0v) is 7.97. The molecular weight excluding hydrogens is 146 g/mol. The predicted octanol–water partition coefficient (Wildman–Crippen LogP) is 2.78. The summed E-state index contributed by atoms with van der Waals surface area (Å²) < 4.78 is 0. The topological polar surface area (TPSA) is 26.0 Å². The maximum absolute atomic E-state index is 5.89. The van der Waals surface area contributed by atoms with Crippen molar-refractivity contribution in [2.24, 2.45) is 5.73 Å². The molecule has 1 rings (SSSR count). The van der Waals surface area contributed by atoms with Crippen LogP contribution in [0.4, 0.5) is 0 Å². The van der Waals surface area contributed by atoms with Crippen molar-refractivity contribution in [3.05, 3.63) is 23.8 Å². The molecule has 1 aliphatic carbocycles. The van der Waals surface area contributed by atoms with Crippen LogP contribution in [0.5, 0.6) is 0 Å². The zero-order valence-electron chi connectivity index (χ0n) is 7.97. The van der Waals surface area contributed by atoms with Gasteiger partial charge in [0.05, 0.1) is 0 Å². The van der Waals surface area contributed by atoms with E-state index in [1.165, 1.54) is 24.0 Å². The van der Waals surface area contributed by atoms with Gasteiger partial charge in [0, 0.05) is 6.04 Å². The molecule has 0 saturated heterocycles. The molecule has 0 heterocycles. The smallest absolute Gasteiger partial charge is 0.0114 e. The molecule has 0 aromatic rings. The molecule has 12 heavy (non-hydrogen) atoms. The van der Waals surface area contributed by atoms with Gasteiger partial charge in [-0.25, -0.2) is 0 Å². The van der Waals surface area contributed by atoms with Crippen LogP contribution in [-0.2, 0) is 0 Å². The first-order valence-corrected chi connectivity index (χ1v) is 4.82. The molecule has 68 valence electrons. The van der Waals surface area contributed by atoms with Crippen LogP contribution in [0.15, 0.2) is 23.8 Å². The molecule has 0 aliphatic heterocycles. The van der Waals surface area contributed by atoms with E-state index in [1.807, 2.05) is 0 Å². The summed E-state index contributed by atoms with van der Waals surface area (Å²) in [5.74, 6) is 0. The SMILES string of the molecule is C=C1C/C(=C\CCC)CC(N)C1. The number of unbranched alkanes of at least 4 members (excludes halogenated alkanes) is 1. The van der Waals surface area contributed by atoms with Gasteiger partial charge in [-0.3, -0.25) is 0 Å². The Morgan fingerprint density at radius 3 is 2.92 bits per heavy atom. The molecule has 0 spiro atoms. The maximum atomic E-state index is 5.89. The average molecular weight is 165 g/mol. The second-order valence-corrected chi connectivity index (χ2v) is 3.75. The Morgan fingerprint density at radius 2 is 2.33 bits per heavy atom. The minimum atomic E-state index is 0.328. The summed E-state index contributed by atoms with van der Waals surface area (Å²) >= 11 is 0. The van der Waals surface area contributed by atoms with Crippen LogP contribution in [0.2, 0.25) is 0 Å². The van der Waals surface area contributed by atoms with Gasteiger partial charge >= 0.3 is 0 Å². The van der Waals surface area contributed by atoms with Gasteiger partial charge in [-0.05, 0) is 25.7 Å². The Bertz CT molecular complexity index is 191. The highest BCUT2D eigenvalue weighted by molar-refractivity contribution is 5.19. The van der Waals surface area contributed by atoms with Crippen molar-refractivity contribution < 1.29 is 0 Å². The highest BCUT2D eigenvalue weighted by Crippen LogP contribution is 2.26. The second-order valence-electron chi connectivity index (χ2n) is 3.75. The molecule has 2 N–H and O–H groups in total. The molecule has 0 bridgehead atoms. The molecule has 1 nitrogen and oxygen atoms in total. The van der Waals surface area contributed by atoms with E-state index in [0.29, 0.717) is 6.04 Å². The monoisotopic (exact) mass is 165 g/mol. The summed E-state index contributed by atoms with van der Waals surface area (Å²) in [5, 5.41) is 0. The molecule has 1 fully saturated rings. The van der Waals surface area contributed by atoms with Crippen molar-refractivity contribution in [1.82, 2.24) is 0 Å². The quantitative estimate of drug-likeness (QED) is 0.626. The lowest BCUT2D eigenvalue weighted by atomic mass is 9.87. The van der Waals surface area contributed by atoms with Crippen molar-refractivity contribution in [2.75, 3.05) is 0 Å². The molecule has 0 amide bonds. The Kier molecular flexibility index (Phi) is 3.54. The molecule has 0 radical (unpaired) electrons. The maximum Gasteiger partial charge on any atom is 0.0114 e. The summed E-state index contributed by atoms with van der Waals surface area (Å²) in [4.78, 5) is 0. The van der Waals surface area contributed by atoms with E-state index in [9.17, 15) is 0 Å². The lowest BCUT2D eigenvalue weighted by molar-refractivity contribution is 0.598. The zero-order chi connectivity index (χ0) is 8.97. The molecule has 1 aliphatic rings. The summed E-state index contributed by atoms with van der Waals surface area (Å²) in [7, 11) is 0. The van der Waals surface area contributed by atoms with Crippen LogP contribution in [-0.4, -0.2) is 6.04 Å². The van der Waals surface area contributed by atoms with E-state index in [4.69, 9.17) is 5.73 Å². The van der Waals surface area contributed by atoms with Crippen LogP contribution >= 0.6 is 0 Å². The number of allylic oxidation sites excluding steroid dienone is 1. The lowest BCUT2D eigenvalue weighted by Gasteiger charge is -2.22. The fourth-order valence-electron chi connectivity index (χ4n) is 1.75. The van der Waals surface area contributed by atoms with Crippen molar-refractivity contribution >= 4 is 0 Å². The van der Waals surface area contributed by atoms with Crippen molar-refractivity contribution in [3.8, 4) is 0 Å². The van der Waals surface area contributed by atoms with Crippen LogP contribution in [0.3, 0.4) is 0 Å². The highest BCUT2D eigenvalue weighted by Gasteiger charge is 2.14. The Balaban J connectivity index is 2.49. The van der Waals surface area contributed by atoms with Crippen LogP contribution < -0.4 is 5.73 Å². The average Bonchev–Trinajstić information content (AvgIpc) is 1.99. The van der Waals surface area contributed by atoms with E-state index < -0.39 is 0 Å². The van der Waals surface area contributed by atoms with Gasteiger partial charge in [0.15, 0.2) is 0 Å². The lowest BCUT2D eigenvalue weighted by Crippen LogP contribution is -2.24. The van der Waals surface area contributed by atoms with E-state index in [0.717, 1.165) is 19.3 Å². The van der Waals surface area contributed by atoms with Crippen LogP contribution in [0, 0.1) is 0 Å². The molecule has 1 saturated carbocycles. The molecule has 0 aromatic heterocycles. The summed E-state index contributed by atoms with van der Waals surface area (Å²) in [6.45, 7) is 6.21. The van der Waals surface area contributed by atoms with Gasteiger partial charge in [0.2, 0.25) is 0 Å². The molecule has 1 heteroatoms. The van der Waals surface area contributed by atoms with Crippen molar-refractivity contribution in [2.45, 2.75) is 45.1 Å². The first-order valence-electron chi connectivity index (χ1n) is 4.82. The van der Waals surface area contributed by atoms with E-state index >= 15 is 0 Å². The number of rotatable bonds is 2. The number of hydrogen-bond donors (Lipinski definition) is 1. The largest absolute Gasteiger partial charge is 0.327 e. The van der Waals surface area contributed by atoms with Gasteiger partial charge in [-0.15, -0.1) is 0 Å². The number of hydrogen-bond acceptors (Lipinski definition) is 1. The minimum absolute atomic E-state index is 0.328. The minimum Gasteiger partial charge on any atom is -0.327 e. The van der Waals surface area contributed by atoms with Gasteiger partial charge in [0.1, 0.15) is 0 Å². The van der Waals surface area contributed by atoms with Gasteiger partial charge < -0.3 is 5.73 Å². The molecule has 0 aromatic carbocycles. The Hall–Kier alpha value is -0.560. The first kappa shape index (κ1) is 9.53. The second kappa shape index (κ2) is 4.46. The van der Waals surface area contributed by atoms with E-state index in [2.05, 4.69) is 19.6 Å². The highest BCUT2D eigenvalue weighted by atomic mass is 14.6. The van der Waals surface area contributed by atoms with Crippen molar-refractivity contribution in [1.29, 1.82) is 0 Å². The third kappa shape index (κ3) is 2.82. The van der Waals surface area contributed by atoms with Gasteiger partial charge in [0.25, 0.3) is 0 Å². The fraction of sp³-hybridized carbons (Fsp3) is 0.636. The van der Waals surface area contributed by atoms with Crippen LogP contribution in [0.25, 0.3) is 0 Å². The van der Waals surface area contributed by atoms with E-state index in [1.54, 1.807) is 0 Å². The van der Waals surface area contributed by atoms with Crippen LogP contribution in [0.1, 0.15) is 39.0 Å². The third-order valence-corrected chi connectivity index (χ3v) is 2.27. The third-order valence-electron chi connectivity index (χ3n) is 2.27. The molecule has 1 atom stereocenters. The Labute approximate surface area is 75.3 Å². The van der Waals surface area contributed by atoms with Crippen molar-refractivity contribution in [3.63, 3.8) is 0 Å². The standard InChI is InChI=1S/C11H19N/c1-3-4-5-10-6-9(2)7-11(12)8-10/h5,11H,2-4,6-8,12H2,1H3/b10-5+. The summed E-state index contributed by atoms with van der Waals surface area (Å²) in [6.07, 6.45) is 7.95. The molecular formula is C11H19N. The Morgan fingerprint density at radius 1 is 1.58 bits per heavy atom. The molecule has 1 unspecified atom stereocenters. The fourth-order valence-corrected chi connectivity index (χ4v) is 1.75. The first-order chi connectivity index (χ1) is 5.72. The van der Waals surface area contributed by atoms with Gasteiger partial charge in [-0.1, -0.05) is 37.1 Å².